The molecule has 2 heterocycles. The van der Waals surface area contributed by atoms with Gasteiger partial charge < -0.3 is 10.6 Å². The molecule has 2 N–H and O–H groups in total. The van der Waals surface area contributed by atoms with E-state index in [9.17, 15) is 11.9 Å². The third kappa shape index (κ3) is 5.80. The maximum absolute atomic E-state index is 10.1. The van der Waals surface area contributed by atoms with Crippen LogP contribution in [0.2, 0.25) is 5.02 Å². The molecule has 42 heavy (non-hydrogen) atoms. The number of nitrogens with zero attached hydrogens (tertiary/aromatic N) is 6. The van der Waals surface area contributed by atoms with E-state index in [0.717, 1.165) is 18.4 Å². The molecule has 2 atom stereocenters. The highest BCUT2D eigenvalue weighted by atomic mass is 79.9. The standard InChI is InChI=1S/C32H26BrClN8/c33-26-16-22(38-32(24-9-4-5-10-27(24)34)29-19-42(41-40-29)23-12-13-23)15-25-30(21(17-36)18-37-31(25)26)39-28(11-6-14-35)20-7-2-1-3-8-20/h1-5,7-10,15-16,18-19,23,28,32,38H,6,11-13H2,(H,37,39)/i32D. The van der Waals surface area contributed by atoms with Crippen molar-refractivity contribution < 1.29 is 1.37 Å². The minimum atomic E-state index is -1.58. The van der Waals surface area contributed by atoms with Crippen molar-refractivity contribution >= 4 is 49.8 Å². The van der Waals surface area contributed by atoms with Gasteiger partial charge in [0.15, 0.2) is 0 Å². The fourth-order valence-electron chi connectivity index (χ4n) is 4.95. The number of hydrogen-bond donors (Lipinski definition) is 2. The Bertz CT molecular complexity index is 1880. The van der Waals surface area contributed by atoms with E-state index in [1.165, 1.54) is 0 Å². The van der Waals surface area contributed by atoms with Crippen molar-refractivity contribution in [3.8, 4) is 12.1 Å². The van der Waals surface area contributed by atoms with Gasteiger partial charge in [-0.25, -0.2) is 4.68 Å². The zero-order valence-corrected chi connectivity index (χ0v) is 24.8. The Hall–Kier alpha value is -4.44. The molecule has 1 aliphatic carbocycles. The second-order valence-corrected chi connectivity index (χ2v) is 11.4. The first-order valence-electron chi connectivity index (χ1n) is 14.1. The van der Waals surface area contributed by atoms with Crippen molar-refractivity contribution in [2.75, 3.05) is 10.6 Å². The van der Waals surface area contributed by atoms with Crippen LogP contribution in [-0.4, -0.2) is 20.0 Å². The second-order valence-electron chi connectivity index (χ2n) is 10.1. The fourth-order valence-corrected chi connectivity index (χ4v) is 5.74. The van der Waals surface area contributed by atoms with Gasteiger partial charge in [0.2, 0.25) is 0 Å². The Kier molecular flexibility index (Phi) is 7.69. The van der Waals surface area contributed by atoms with Crippen molar-refractivity contribution in [2.45, 2.75) is 43.8 Å². The van der Waals surface area contributed by atoms with Gasteiger partial charge in [-0.2, -0.15) is 10.5 Å². The van der Waals surface area contributed by atoms with Crippen LogP contribution in [0.1, 0.15) is 67.5 Å². The monoisotopic (exact) mass is 637 g/mol. The van der Waals surface area contributed by atoms with E-state index in [2.05, 4.69) is 54.0 Å². The van der Waals surface area contributed by atoms with Crippen LogP contribution in [0.25, 0.3) is 10.9 Å². The quantitative estimate of drug-likeness (QED) is 0.159. The van der Waals surface area contributed by atoms with E-state index in [1.807, 2.05) is 59.3 Å². The molecule has 3 aromatic carbocycles. The van der Waals surface area contributed by atoms with E-state index in [1.54, 1.807) is 24.5 Å². The van der Waals surface area contributed by atoms with Crippen molar-refractivity contribution in [1.82, 2.24) is 20.0 Å². The molecule has 2 unspecified atom stereocenters. The Morgan fingerprint density at radius 2 is 1.88 bits per heavy atom. The third-order valence-corrected chi connectivity index (χ3v) is 8.14. The molecule has 0 saturated heterocycles. The van der Waals surface area contributed by atoms with E-state index in [-0.39, 0.29) is 6.04 Å². The number of anilines is 2. The van der Waals surface area contributed by atoms with Gasteiger partial charge in [-0.15, -0.1) is 5.10 Å². The molecule has 2 aromatic heterocycles. The number of hydrogen-bond acceptors (Lipinski definition) is 7. The van der Waals surface area contributed by atoms with Gasteiger partial charge in [0.1, 0.15) is 11.8 Å². The number of aromatic nitrogens is 4. The molecule has 1 fully saturated rings. The highest BCUT2D eigenvalue weighted by Crippen LogP contribution is 2.39. The summed E-state index contributed by atoms with van der Waals surface area (Å²) in [5.41, 5.74) is 4.13. The van der Waals surface area contributed by atoms with Crippen LogP contribution in [0, 0.1) is 22.7 Å². The molecule has 8 nitrogen and oxygen atoms in total. The maximum atomic E-state index is 10.1. The molecular formula is C32H26BrClN8. The van der Waals surface area contributed by atoms with Gasteiger partial charge in [-0.05, 0) is 64.5 Å². The lowest BCUT2D eigenvalue weighted by Gasteiger charge is -2.23. The summed E-state index contributed by atoms with van der Waals surface area (Å²) in [7, 11) is 0. The van der Waals surface area contributed by atoms with Crippen molar-refractivity contribution in [3.05, 3.63) is 111 Å². The van der Waals surface area contributed by atoms with E-state index in [4.69, 9.17) is 11.6 Å². The molecule has 0 spiro atoms. The molecule has 0 amide bonds. The van der Waals surface area contributed by atoms with Gasteiger partial charge in [0.25, 0.3) is 0 Å². The van der Waals surface area contributed by atoms with Gasteiger partial charge >= 0.3 is 0 Å². The summed E-state index contributed by atoms with van der Waals surface area (Å²) in [5, 5.41) is 36.1. The average molecular weight is 639 g/mol. The molecule has 0 bridgehead atoms. The van der Waals surface area contributed by atoms with Crippen molar-refractivity contribution in [2.24, 2.45) is 0 Å². The predicted octanol–water partition coefficient (Wildman–Crippen LogP) is 8.11. The smallest absolute Gasteiger partial charge is 0.110 e. The number of fused-ring (bicyclic) bond motifs is 1. The minimum Gasteiger partial charge on any atom is -0.377 e. The van der Waals surface area contributed by atoms with Gasteiger partial charge in [-0.3, -0.25) is 4.98 Å². The summed E-state index contributed by atoms with van der Waals surface area (Å²) in [4.78, 5) is 4.57. The van der Waals surface area contributed by atoms with E-state index >= 15 is 0 Å². The first-order chi connectivity index (χ1) is 20.9. The van der Waals surface area contributed by atoms with E-state index < -0.39 is 6.02 Å². The highest BCUT2D eigenvalue weighted by Gasteiger charge is 2.28. The van der Waals surface area contributed by atoms with Crippen LogP contribution in [0.3, 0.4) is 0 Å². The highest BCUT2D eigenvalue weighted by molar-refractivity contribution is 9.10. The van der Waals surface area contributed by atoms with Crippen molar-refractivity contribution in [1.29, 1.82) is 10.5 Å². The lowest BCUT2D eigenvalue weighted by Crippen LogP contribution is -2.14. The van der Waals surface area contributed by atoms with Crippen LogP contribution >= 0.6 is 27.5 Å². The van der Waals surface area contributed by atoms with Crippen LogP contribution < -0.4 is 10.6 Å². The van der Waals surface area contributed by atoms with Gasteiger partial charge in [0, 0.05) is 33.2 Å². The topological polar surface area (TPSA) is 115 Å². The molecule has 10 heteroatoms. The Morgan fingerprint density at radius 1 is 1.10 bits per heavy atom. The SMILES string of the molecule is [2H]C(Nc1cc(Br)c2ncc(C#N)c(NC(CCC#N)c3ccccc3)c2c1)(c1cn(C2CC2)nn1)c1ccccc1Cl. The first kappa shape index (κ1) is 26.5. The Morgan fingerprint density at radius 3 is 2.62 bits per heavy atom. The lowest BCUT2D eigenvalue weighted by molar-refractivity contribution is 0.610. The molecule has 5 aromatic rings. The summed E-state index contributed by atoms with van der Waals surface area (Å²) in [6.45, 7) is 0. The van der Waals surface area contributed by atoms with E-state index in [0.29, 0.717) is 67.5 Å². The summed E-state index contributed by atoms with van der Waals surface area (Å²) < 4.78 is 12.2. The van der Waals surface area contributed by atoms with Crippen LogP contribution in [0.5, 0.6) is 0 Å². The molecule has 1 aliphatic rings. The zero-order valence-electron chi connectivity index (χ0n) is 23.4. The molecule has 208 valence electrons. The average Bonchev–Trinajstić information content (AvgIpc) is 3.75. The Labute approximate surface area is 258 Å². The number of benzene rings is 3. The zero-order chi connectivity index (χ0) is 30.0. The Balaban J connectivity index is 1.47. The summed E-state index contributed by atoms with van der Waals surface area (Å²) in [6.07, 6.45) is 6.31. The van der Waals surface area contributed by atoms with Gasteiger partial charge in [-0.1, -0.05) is 65.3 Å². The number of nitrogens with one attached hydrogen (secondary N) is 2. The van der Waals surface area contributed by atoms with Crippen LogP contribution in [0.4, 0.5) is 11.4 Å². The lowest BCUT2D eigenvalue weighted by atomic mass is 10.00. The number of nitriles is 2. The predicted molar refractivity (Wildman–Crippen MR) is 167 cm³/mol. The summed E-state index contributed by atoms with van der Waals surface area (Å²) in [5.74, 6) is 0. The number of rotatable bonds is 10. The molecule has 0 radical (unpaired) electrons. The minimum absolute atomic E-state index is 0.218. The molecule has 1 saturated carbocycles. The largest absolute Gasteiger partial charge is 0.377 e. The van der Waals surface area contributed by atoms with Gasteiger partial charge in [0.05, 0.1) is 48.5 Å². The summed E-state index contributed by atoms with van der Waals surface area (Å²) >= 11 is 10.3. The molecule has 0 aliphatic heterocycles. The fraction of sp³-hybridized carbons (Fsp3) is 0.219. The number of halogens is 2. The number of pyridine rings is 1. The first-order valence-corrected chi connectivity index (χ1v) is 14.7. The van der Waals surface area contributed by atoms with Crippen LogP contribution in [0.15, 0.2) is 83.6 Å². The maximum Gasteiger partial charge on any atom is 0.110 e. The van der Waals surface area contributed by atoms with Crippen molar-refractivity contribution in [3.63, 3.8) is 0 Å². The second kappa shape index (κ2) is 12.2. The molecular weight excluding hydrogens is 612 g/mol. The molecule has 6 rings (SSSR count). The normalized spacial score (nSPS) is 15.2. The van der Waals surface area contributed by atoms with Crippen LogP contribution in [-0.2, 0) is 0 Å². The summed E-state index contributed by atoms with van der Waals surface area (Å²) in [6, 6.07) is 23.8. The third-order valence-electron chi connectivity index (χ3n) is 7.21.